The molecule has 2 aliphatic rings. The lowest BCUT2D eigenvalue weighted by Gasteiger charge is -2.37. The Kier molecular flexibility index (Phi) is 8.61. The molecule has 1 atom stereocenters. The first-order valence-electron chi connectivity index (χ1n) is 14.2. The molecule has 1 unspecified atom stereocenters. The molecule has 1 aliphatic heterocycles. The van der Waals surface area contributed by atoms with Gasteiger partial charge in [0, 0.05) is 30.9 Å². The lowest BCUT2D eigenvalue weighted by Crippen LogP contribution is -2.42. The Labute approximate surface area is 244 Å². The van der Waals surface area contributed by atoms with Crippen molar-refractivity contribution < 1.29 is 19.0 Å². The predicted molar refractivity (Wildman–Crippen MR) is 154 cm³/mol. The summed E-state index contributed by atoms with van der Waals surface area (Å²) in [6, 6.07) is 5.32. The molecule has 1 fully saturated rings. The number of aliphatic hydroxyl groups is 1. The largest absolute Gasteiger partial charge is 0.493 e. The van der Waals surface area contributed by atoms with E-state index in [0.717, 1.165) is 42.7 Å². The van der Waals surface area contributed by atoms with Crippen LogP contribution in [0.2, 0.25) is 0 Å². The van der Waals surface area contributed by atoms with E-state index in [4.69, 9.17) is 19.8 Å². The van der Waals surface area contributed by atoms with Crippen LogP contribution >= 0.6 is 0 Å². The molecule has 0 aromatic carbocycles. The van der Waals surface area contributed by atoms with Crippen LogP contribution in [-0.2, 0) is 18.7 Å². The summed E-state index contributed by atoms with van der Waals surface area (Å²) in [5, 5.41) is 27.7. The van der Waals surface area contributed by atoms with E-state index in [2.05, 4.69) is 32.3 Å². The van der Waals surface area contributed by atoms with Gasteiger partial charge < -0.3 is 20.3 Å². The molecule has 4 aromatic heterocycles. The fraction of sp³-hybridized carbons (Fsp3) is 0.467. The highest BCUT2D eigenvalue weighted by molar-refractivity contribution is 5.75. The predicted octanol–water partition coefficient (Wildman–Crippen LogP) is 3.91. The van der Waals surface area contributed by atoms with Crippen LogP contribution in [0.25, 0.3) is 16.8 Å². The van der Waals surface area contributed by atoms with E-state index in [1.807, 2.05) is 12.3 Å². The first kappa shape index (κ1) is 29.3. The van der Waals surface area contributed by atoms with Crippen molar-refractivity contribution in [3.05, 3.63) is 59.6 Å². The highest BCUT2D eigenvalue weighted by atomic mass is 19.1. The Morgan fingerprint density at radius 3 is 2.64 bits per heavy atom. The summed E-state index contributed by atoms with van der Waals surface area (Å²) in [4.78, 5) is 6.67. The van der Waals surface area contributed by atoms with Gasteiger partial charge in [-0.05, 0) is 50.5 Å². The maximum atomic E-state index is 13.4. The van der Waals surface area contributed by atoms with Gasteiger partial charge in [0.05, 0.1) is 43.1 Å². The summed E-state index contributed by atoms with van der Waals surface area (Å²) in [7, 11) is 1.58. The number of halogens is 1. The molecule has 0 spiro atoms. The first-order chi connectivity index (χ1) is 20.2. The molecule has 4 aromatic rings. The Balaban J connectivity index is 0.00000113. The summed E-state index contributed by atoms with van der Waals surface area (Å²) in [5.74, 6) is 0.590. The third kappa shape index (κ3) is 5.89. The molecule has 0 radical (unpaired) electrons. The SMILES string of the molecule is COc1cnn2cc(-c3nn4c(c3C)CN(C3CCCCC3)CC4)cc(OCC(C)(O)c3ccc(F)cn3)c12.N#CN. The van der Waals surface area contributed by atoms with Crippen molar-refractivity contribution in [1.29, 1.82) is 5.26 Å². The van der Waals surface area contributed by atoms with Gasteiger partial charge in [0.15, 0.2) is 17.5 Å². The zero-order valence-corrected chi connectivity index (χ0v) is 24.3. The van der Waals surface area contributed by atoms with Gasteiger partial charge in [0.2, 0.25) is 0 Å². The fourth-order valence-electron chi connectivity index (χ4n) is 5.93. The van der Waals surface area contributed by atoms with Crippen LogP contribution in [0, 0.1) is 24.2 Å². The molecule has 5 heterocycles. The van der Waals surface area contributed by atoms with E-state index in [1.165, 1.54) is 56.1 Å². The maximum absolute atomic E-state index is 13.4. The van der Waals surface area contributed by atoms with Gasteiger partial charge in [-0.3, -0.25) is 14.6 Å². The third-order valence-corrected chi connectivity index (χ3v) is 8.19. The van der Waals surface area contributed by atoms with E-state index < -0.39 is 11.4 Å². The molecule has 3 N–H and O–H groups in total. The van der Waals surface area contributed by atoms with Gasteiger partial charge in [0.1, 0.15) is 23.8 Å². The Hall–Kier alpha value is -4.21. The maximum Gasteiger partial charge on any atom is 0.173 e. The number of hydrogen-bond acceptors (Lipinski definition) is 9. The third-order valence-electron chi connectivity index (χ3n) is 8.19. The molecule has 1 saturated carbocycles. The highest BCUT2D eigenvalue weighted by Gasteiger charge is 2.30. The van der Waals surface area contributed by atoms with Crippen LogP contribution in [-0.4, -0.2) is 60.7 Å². The van der Waals surface area contributed by atoms with Gasteiger partial charge in [-0.2, -0.15) is 15.5 Å². The van der Waals surface area contributed by atoms with E-state index in [1.54, 1.807) is 24.7 Å². The number of fused-ring (bicyclic) bond motifs is 2. The van der Waals surface area contributed by atoms with Gasteiger partial charge in [0.25, 0.3) is 0 Å². The van der Waals surface area contributed by atoms with Gasteiger partial charge in [-0.15, -0.1) is 0 Å². The lowest BCUT2D eigenvalue weighted by molar-refractivity contribution is 0.00417. The summed E-state index contributed by atoms with van der Waals surface area (Å²) in [6.45, 7) is 6.44. The van der Waals surface area contributed by atoms with Crippen LogP contribution in [0.15, 0.2) is 36.8 Å². The number of ether oxygens (including phenoxy) is 2. The number of hydrogen-bond donors (Lipinski definition) is 2. The standard InChI is InChI=1S/C29H35FN6O3.CH2N2/c1-19-23-17-34(22-7-5-4-6-8-22)11-12-35(23)33-27(19)20-13-24(28-25(38-3)15-32-36(28)16-20)39-18-29(2,37)26-10-9-21(30)14-31-26;2-1-3/h9-10,13-16,22,37H,4-8,11-12,17-18H2,1-3H3;2H2. The first-order valence-corrected chi connectivity index (χ1v) is 14.2. The summed E-state index contributed by atoms with van der Waals surface area (Å²) >= 11 is 0. The molecule has 0 bridgehead atoms. The van der Waals surface area contributed by atoms with Gasteiger partial charge >= 0.3 is 0 Å². The molecule has 11 nitrogen and oxygen atoms in total. The van der Waals surface area contributed by atoms with Gasteiger partial charge in [-0.1, -0.05) is 19.3 Å². The van der Waals surface area contributed by atoms with Crippen molar-refractivity contribution >= 4 is 5.52 Å². The fourth-order valence-corrected chi connectivity index (χ4v) is 5.93. The molecule has 0 amide bonds. The van der Waals surface area contributed by atoms with Gasteiger partial charge in [-0.25, -0.2) is 8.91 Å². The molecular weight excluding hydrogens is 539 g/mol. The van der Waals surface area contributed by atoms with Crippen molar-refractivity contribution in [1.82, 2.24) is 29.3 Å². The number of aromatic nitrogens is 5. The molecule has 42 heavy (non-hydrogen) atoms. The summed E-state index contributed by atoms with van der Waals surface area (Å²) < 4.78 is 29.0. The summed E-state index contributed by atoms with van der Waals surface area (Å²) in [6.07, 6.45) is 12.5. The quantitative estimate of drug-likeness (QED) is 0.248. The van der Waals surface area contributed by atoms with Crippen LogP contribution in [0.1, 0.15) is 56.0 Å². The van der Waals surface area contributed by atoms with Crippen molar-refractivity contribution in [3.63, 3.8) is 0 Å². The molecule has 12 heteroatoms. The topological polar surface area (TPSA) is 140 Å². The summed E-state index contributed by atoms with van der Waals surface area (Å²) in [5.41, 5.74) is 7.84. The number of methoxy groups -OCH3 is 1. The second-order valence-corrected chi connectivity index (χ2v) is 11.1. The second-order valence-electron chi connectivity index (χ2n) is 11.1. The monoisotopic (exact) mass is 576 g/mol. The van der Waals surface area contributed by atoms with Crippen molar-refractivity contribution in [2.75, 3.05) is 20.3 Å². The van der Waals surface area contributed by atoms with Crippen LogP contribution in [0.5, 0.6) is 11.5 Å². The molecule has 1 aliphatic carbocycles. The van der Waals surface area contributed by atoms with Crippen molar-refractivity contribution in [3.8, 4) is 28.9 Å². The van der Waals surface area contributed by atoms with Crippen LogP contribution < -0.4 is 15.2 Å². The Morgan fingerprint density at radius 1 is 1.19 bits per heavy atom. The Bertz CT molecular complexity index is 1570. The average Bonchev–Trinajstić information content (AvgIpc) is 3.57. The minimum Gasteiger partial charge on any atom is -0.493 e. The zero-order valence-electron chi connectivity index (χ0n) is 24.3. The molecule has 222 valence electrons. The minimum atomic E-state index is -1.44. The number of nitrogens with two attached hydrogens (primary N) is 1. The van der Waals surface area contributed by atoms with Crippen LogP contribution in [0.4, 0.5) is 4.39 Å². The lowest BCUT2D eigenvalue weighted by atomic mass is 9.93. The Morgan fingerprint density at radius 2 is 1.95 bits per heavy atom. The van der Waals surface area contributed by atoms with E-state index in [-0.39, 0.29) is 6.61 Å². The van der Waals surface area contributed by atoms with E-state index in [9.17, 15) is 9.50 Å². The smallest absolute Gasteiger partial charge is 0.173 e. The normalized spacial score (nSPS) is 17.0. The molecular formula is C30H37FN8O3. The molecule has 0 saturated heterocycles. The van der Waals surface area contributed by atoms with E-state index >= 15 is 0 Å². The van der Waals surface area contributed by atoms with E-state index in [0.29, 0.717) is 28.8 Å². The zero-order chi connectivity index (χ0) is 29.9. The number of nitrogens with zero attached hydrogens (tertiary/aromatic N) is 7. The van der Waals surface area contributed by atoms with Crippen molar-refractivity contribution in [2.24, 2.45) is 5.73 Å². The van der Waals surface area contributed by atoms with Crippen molar-refractivity contribution in [2.45, 2.75) is 70.7 Å². The van der Waals surface area contributed by atoms with Crippen LogP contribution in [0.3, 0.4) is 0 Å². The minimum absolute atomic E-state index is 0.103. The highest BCUT2D eigenvalue weighted by Crippen LogP contribution is 2.37. The average molecular weight is 577 g/mol. The number of pyridine rings is 2. The molecule has 6 rings (SSSR count). The number of nitriles is 1. The number of rotatable bonds is 7. The second kappa shape index (κ2) is 12.3.